The van der Waals surface area contributed by atoms with Gasteiger partial charge in [-0.3, -0.25) is 4.98 Å². The maximum atomic E-state index is 9.03. The Labute approximate surface area is 101 Å². The smallest absolute Gasteiger partial charge is 0.101 e. The fourth-order valence-corrected chi connectivity index (χ4v) is 2.81. The van der Waals surface area contributed by atoms with Gasteiger partial charge in [-0.2, -0.15) is 5.26 Å². The molecule has 0 aromatic carbocycles. The van der Waals surface area contributed by atoms with Crippen molar-refractivity contribution >= 4 is 5.57 Å². The van der Waals surface area contributed by atoms with Gasteiger partial charge in [0, 0.05) is 12.2 Å². The minimum Gasteiger partial charge on any atom is -0.313 e. The van der Waals surface area contributed by atoms with Gasteiger partial charge in [-0.05, 0) is 49.4 Å². The molecule has 1 aromatic heterocycles. The van der Waals surface area contributed by atoms with E-state index in [0.29, 0.717) is 17.5 Å². The van der Waals surface area contributed by atoms with E-state index in [2.05, 4.69) is 22.4 Å². The lowest BCUT2D eigenvalue weighted by molar-refractivity contribution is 0.563. The molecule has 3 heteroatoms. The number of nitrogens with zero attached hydrogens (tertiary/aromatic N) is 2. The lowest BCUT2D eigenvalue weighted by Gasteiger charge is -2.08. The molecule has 1 aliphatic heterocycles. The summed E-state index contributed by atoms with van der Waals surface area (Å²) in [5, 5.41) is 12.5. The lowest BCUT2D eigenvalue weighted by Crippen LogP contribution is -2.22. The second-order valence-electron chi connectivity index (χ2n) is 4.88. The van der Waals surface area contributed by atoms with E-state index < -0.39 is 0 Å². The van der Waals surface area contributed by atoms with Crippen LogP contribution in [0.3, 0.4) is 0 Å². The fourth-order valence-electron chi connectivity index (χ4n) is 2.81. The molecule has 17 heavy (non-hydrogen) atoms. The third-order valence-electron chi connectivity index (χ3n) is 3.83. The summed E-state index contributed by atoms with van der Waals surface area (Å²) in [6, 6.07) is 4.78. The van der Waals surface area contributed by atoms with Gasteiger partial charge in [0.15, 0.2) is 0 Å². The maximum absolute atomic E-state index is 9.03. The number of fused-ring (bicyclic) bond motifs is 1. The summed E-state index contributed by atoms with van der Waals surface area (Å²) < 4.78 is 0. The molecule has 2 heterocycles. The fraction of sp³-hybridized carbons (Fsp3) is 0.429. The average molecular weight is 225 g/mol. The van der Waals surface area contributed by atoms with Crippen molar-refractivity contribution in [2.45, 2.75) is 25.8 Å². The predicted molar refractivity (Wildman–Crippen MR) is 66.2 cm³/mol. The summed E-state index contributed by atoms with van der Waals surface area (Å²) in [5.41, 5.74) is 3.96. The van der Waals surface area contributed by atoms with Gasteiger partial charge in [0.05, 0.1) is 11.3 Å². The highest BCUT2D eigenvalue weighted by molar-refractivity contribution is 5.69. The first-order valence-corrected chi connectivity index (χ1v) is 6.09. The van der Waals surface area contributed by atoms with Crippen molar-refractivity contribution in [1.82, 2.24) is 10.3 Å². The Morgan fingerprint density at radius 3 is 3.18 bits per heavy atom. The minimum atomic E-state index is 0.608. The van der Waals surface area contributed by atoms with Gasteiger partial charge in [0.1, 0.15) is 6.07 Å². The van der Waals surface area contributed by atoms with Crippen LogP contribution in [0, 0.1) is 24.2 Å². The van der Waals surface area contributed by atoms with Gasteiger partial charge in [-0.15, -0.1) is 0 Å². The molecule has 0 radical (unpaired) electrons. The van der Waals surface area contributed by atoms with Crippen LogP contribution >= 0.6 is 0 Å². The van der Waals surface area contributed by atoms with Crippen molar-refractivity contribution in [3.05, 3.63) is 35.2 Å². The largest absolute Gasteiger partial charge is 0.313 e. The second kappa shape index (κ2) is 3.97. The third kappa shape index (κ3) is 1.75. The Hall–Kier alpha value is -1.66. The first-order valence-electron chi connectivity index (χ1n) is 6.09. The SMILES string of the molecule is Cc1ncc(C2=CC3CCNC3C2)cc1C#N. The van der Waals surface area contributed by atoms with Crippen molar-refractivity contribution in [3.63, 3.8) is 0 Å². The molecule has 0 spiro atoms. The molecule has 1 fully saturated rings. The topological polar surface area (TPSA) is 48.7 Å². The number of aryl methyl sites for hydroxylation is 1. The highest BCUT2D eigenvalue weighted by Crippen LogP contribution is 2.36. The van der Waals surface area contributed by atoms with Crippen LogP contribution in [0.4, 0.5) is 0 Å². The predicted octanol–water partition coefficient (Wildman–Crippen LogP) is 2.03. The minimum absolute atomic E-state index is 0.608. The van der Waals surface area contributed by atoms with Crippen LogP contribution in [0.25, 0.3) is 5.57 Å². The van der Waals surface area contributed by atoms with E-state index in [-0.39, 0.29) is 0 Å². The quantitative estimate of drug-likeness (QED) is 0.795. The van der Waals surface area contributed by atoms with Crippen molar-refractivity contribution in [1.29, 1.82) is 5.26 Å². The number of nitrogens with one attached hydrogen (secondary N) is 1. The number of rotatable bonds is 1. The molecule has 0 saturated carbocycles. The van der Waals surface area contributed by atoms with Crippen LogP contribution in [0.5, 0.6) is 0 Å². The standard InChI is InChI=1S/C14H15N3/c1-9-12(7-15)5-13(8-17-9)11-4-10-2-3-16-14(10)6-11/h4-5,8,10,14,16H,2-3,6H2,1H3. The summed E-state index contributed by atoms with van der Waals surface area (Å²) in [4.78, 5) is 4.30. The second-order valence-corrected chi connectivity index (χ2v) is 4.88. The first kappa shape index (κ1) is 10.5. The van der Waals surface area contributed by atoms with Crippen molar-refractivity contribution < 1.29 is 0 Å². The molecule has 2 aliphatic rings. The van der Waals surface area contributed by atoms with Gasteiger partial charge < -0.3 is 5.32 Å². The van der Waals surface area contributed by atoms with E-state index >= 15 is 0 Å². The number of nitriles is 1. The van der Waals surface area contributed by atoms with Crippen LogP contribution in [0.1, 0.15) is 29.7 Å². The van der Waals surface area contributed by atoms with Crippen molar-refractivity contribution in [2.75, 3.05) is 6.54 Å². The highest BCUT2D eigenvalue weighted by atomic mass is 15.0. The summed E-state index contributed by atoms with van der Waals surface area (Å²) in [7, 11) is 0. The van der Waals surface area contributed by atoms with Gasteiger partial charge >= 0.3 is 0 Å². The Balaban J connectivity index is 1.93. The molecule has 2 atom stereocenters. The van der Waals surface area contributed by atoms with Crippen LogP contribution < -0.4 is 5.32 Å². The van der Waals surface area contributed by atoms with E-state index in [1.165, 1.54) is 12.0 Å². The average Bonchev–Trinajstić information content (AvgIpc) is 2.90. The Morgan fingerprint density at radius 1 is 1.53 bits per heavy atom. The molecule has 1 aliphatic carbocycles. The van der Waals surface area contributed by atoms with E-state index in [4.69, 9.17) is 5.26 Å². The monoisotopic (exact) mass is 225 g/mol. The maximum Gasteiger partial charge on any atom is 0.101 e. The molecule has 3 nitrogen and oxygen atoms in total. The van der Waals surface area contributed by atoms with Crippen LogP contribution in [0.2, 0.25) is 0 Å². The molecule has 0 amide bonds. The number of hydrogen-bond donors (Lipinski definition) is 1. The molecule has 1 aromatic rings. The van der Waals surface area contributed by atoms with Crippen LogP contribution in [0.15, 0.2) is 18.3 Å². The third-order valence-corrected chi connectivity index (χ3v) is 3.83. The summed E-state index contributed by atoms with van der Waals surface area (Å²) >= 11 is 0. The van der Waals surface area contributed by atoms with Gasteiger partial charge in [0.25, 0.3) is 0 Å². The van der Waals surface area contributed by atoms with Crippen LogP contribution in [-0.4, -0.2) is 17.6 Å². The zero-order valence-corrected chi connectivity index (χ0v) is 9.90. The molecule has 1 saturated heterocycles. The number of pyridine rings is 1. The van der Waals surface area contributed by atoms with E-state index in [1.807, 2.05) is 19.2 Å². The molecule has 2 unspecified atom stereocenters. The Bertz CT molecular complexity index is 525. The Kier molecular flexibility index (Phi) is 2.45. The normalized spacial score (nSPS) is 26.5. The Morgan fingerprint density at radius 2 is 2.41 bits per heavy atom. The molecule has 1 N–H and O–H groups in total. The zero-order valence-electron chi connectivity index (χ0n) is 9.90. The molecular weight excluding hydrogens is 210 g/mol. The summed E-state index contributed by atoms with van der Waals surface area (Å²) in [6.45, 7) is 3.01. The van der Waals surface area contributed by atoms with E-state index in [1.54, 1.807) is 0 Å². The highest BCUT2D eigenvalue weighted by Gasteiger charge is 2.31. The molecule has 3 rings (SSSR count). The molecule has 0 bridgehead atoms. The number of aromatic nitrogens is 1. The van der Waals surface area contributed by atoms with Crippen LogP contribution in [-0.2, 0) is 0 Å². The summed E-state index contributed by atoms with van der Waals surface area (Å²) in [6.07, 6.45) is 6.56. The zero-order chi connectivity index (χ0) is 11.8. The summed E-state index contributed by atoms with van der Waals surface area (Å²) in [5.74, 6) is 0.678. The van der Waals surface area contributed by atoms with Crippen molar-refractivity contribution in [2.24, 2.45) is 5.92 Å². The van der Waals surface area contributed by atoms with E-state index in [0.717, 1.165) is 24.2 Å². The van der Waals surface area contributed by atoms with Gasteiger partial charge in [-0.1, -0.05) is 6.08 Å². The first-order chi connectivity index (χ1) is 8.28. The molecule has 86 valence electrons. The van der Waals surface area contributed by atoms with E-state index in [9.17, 15) is 0 Å². The van der Waals surface area contributed by atoms with Gasteiger partial charge in [-0.25, -0.2) is 0 Å². The lowest BCUT2D eigenvalue weighted by atomic mass is 10.0. The van der Waals surface area contributed by atoms with Crippen molar-refractivity contribution in [3.8, 4) is 6.07 Å². The number of hydrogen-bond acceptors (Lipinski definition) is 3. The molecular formula is C14H15N3. The van der Waals surface area contributed by atoms with Gasteiger partial charge in [0.2, 0.25) is 0 Å².